The third-order valence-electron chi connectivity index (χ3n) is 1.37. The summed E-state index contributed by atoms with van der Waals surface area (Å²) in [5, 5.41) is 11.3. The van der Waals surface area contributed by atoms with Gasteiger partial charge in [-0.05, 0) is 24.3 Å². The van der Waals surface area contributed by atoms with Gasteiger partial charge in [-0.1, -0.05) is 6.92 Å². The van der Waals surface area contributed by atoms with E-state index in [0.717, 1.165) is 12.2 Å². The number of aromatic nitrogens is 4. The Bertz CT molecular complexity index is 203. The minimum absolute atomic E-state index is 0.366. The molecule has 0 fully saturated rings. The summed E-state index contributed by atoms with van der Waals surface area (Å²) in [6, 6.07) is 0.366. The van der Waals surface area contributed by atoms with Crippen LogP contribution in [0.5, 0.6) is 0 Å². The van der Waals surface area contributed by atoms with E-state index in [1.807, 2.05) is 11.6 Å². The highest BCUT2D eigenvalue weighted by Gasteiger charge is 2.04. The molecule has 0 aliphatic heterocycles. The lowest BCUT2D eigenvalue weighted by Gasteiger charge is -2.04. The Hall–Kier alpha value is -0.930. The molecule has 1 aromatic heterocycles. The quantitative estimate of drug-likeness (QED) is 0.610. The maximum absolute atomic E-state index is 3.86. The van der Waals surface area contributed by atoms with E-state index in [1.165, 1.54) is 0 Å². The van der Waals surface area contributed by atoms with Gasteiger partial charge in [-0.15, -0.1) is 5.10 Å². The molecule has 0 saturated carbocycles. The number of tetrazole rings is 1. The Balaban J connectivity index is 2.90. The van der Waals surface area contributed by atoms with Crippen LogP contribution in [-0.4, -0.2) is 20.2 Å². The van der Waals surface area contributed by atoms with Crippen molar-refractivity contribution in [3.63, 3.8) is 0 Å². The lowest BCUT2D eigenvalue weighted by Crippen LogP contribution is -2.07. The summed E-state index contributed by atoms with van der Waals surface area (Å²) in [4.78, 5) is 0. The largest absolute Gasteiger partial charge is 0.227 e. The van der Waals surface area contributed by atoms with Crippen molar-refractivity contribution in [3.05, 3.63) is 5.82 Å². The van der Waals surface area contributed by atoms with Crippen molar-refractivity contribution >= 4 is 0 Å². The van der Waals surface area contributed by atoms with E-state index in [4.69, 9.17) is 0 Å². The lowest BCUT2D eigenvalue weighted by molar-refractivity contribution is 0.495. The second-order valence-corrected chi connectivity index (χ2v) is 2.49. The van der Waals surface area contributed by atoms with Crippen LogP contribution in [0.1, 0.15) is 32.6 Å². The first-order valence-electron chi connectivity index (χ1n) is 3.52. The summed E-state index contributed by atoms with van der Waals surface area (Å²) < 4.78 is 1.83. The van der Waals surface area contributed by atoms with Gasteiger partial charge in [0.15, 0.2) is 5.82 Å². The number of rotatable bonds is 2. The zero-order chi connectivity index (χ0) is 7.56. The van der Waals surface area contributed by atoms with Gasteiger partial charge in [-0.25, -0.2) is 4.68 Å². The second kappa shape index (κ2) is 2.77. The van der Waals surface area contributed by atoms with Crippen molar-refractivity contribution in [2.45, 2.75) is 33.2 Å². The van der Waals surface area contributed by atoms with Crippen LogP contribution in [-0.2, 0) is 6.42 Å². The Morgan fingerprint density at radius 3 is 2.60 bits per heavy atom. The van der Waals surface area contributed by atoms with Crippen LogP contribution in [0.25, 0.3) is 0 Å². The predicted molar refractivity (Wildman–Crippen MR) is 37.6 cm³/mol. The molecule has 1 aromatic rings. The summed E-state index contributed by atoms with van der Waals surface area (Å²) >= 11 is 0. The molecule has 4 heteroatoms. The van der Waals surface area contributed by atoms with Gasteiger partial charge in [0.2, 0.25) is 0 Å². The van der Waals surface area contributed by atoms with Crippen LogP contribution in [0, 0.1) is 0 Å². The second-order valence-electron chi connectivity index (χ2n) is 2.49. The molecule has 0 radical (unpaired) electrons. The molecule has 10 heavy (non-hydrogen) atoms. The highest BCUT2D eigenvalue weighted by atomic mass is 15.5. The van der Waals surface area contributed by atoms with Gasteiger partial charge in [0.05, 0.1) is 6.04 Å². The fraction of sp³-hybridized carbons (Fsp3) is 0.833. The maximum Gasteiger partial charge on any atom is 0.151 e. The van der Waals surface area contributed by atoms with Gasteiger partial charge in [-0.3, -0.25) is 0 Å². The van der Waals surface area contributed by atoms with E-state index >= 15 is 0 Å². The predicted octanol–water partition coefficient (Wildman–Crippen LogP) is 0.816. The van der Waals surface area contributed by atoms with E-state index in [0.29, 0.717) is 6.04 Å². The third-order valence-corrected chi connectivity index (χ3v) is 1.37. The SMILES string of the molecule is CCc1nnnn1C(C)C. The van der Waals surface area contributed by atoms with Crippen LogP contribution in [0.3, 0.4) is 0 Å². The Morgan fingerprint density at radius 1 is 1.50 bits per heavy atom. The molecule has 0 aliphatic rings. The summed E-state index contributed by atoms with van der Waals surface area (Å²) in [7, 11) is 0. The van der Waals surface area contributed by atoms with Crippen LogP contribution < -0.4 is 0 Å². The third kappa shape index (κ3) is 1.15. The van der Waals surface area contributed by atoms with Gasteiger partial charge in [0.1, 0.15) is 0 Å². The molecule has 0 aliphatic carbocycles. The zero-order valence-electron chi connectivity index (χ0n) is 6.57. The van der Waals surface area contributed by atoms with Gasteiger partial charge in [0, 0.05) is 6.42 Å². The molecule has 0 unspecified atom stereocenters. The summed E-state index contributed by atoms with van der Waals surface area (Å²) in [6.07, 6.45) is 0.894. The molecule has 56 valence electrons. The van der Waals surface area contributed by atoms with Crippen molar-refractivity contribution < 1.29 is 0 Å². The monoisotopic (exact) mass is 140 g/mol. The van der Waals surface area contributed by atoms with Crippen LogP contribution in [0.15, 0.2) is 0 Å². The first-order valence-corrected chi connectivity index (χ1v) is 3.52. The van der Waals surface area contributed by atoms with E-state index in [9.17, 15) is 0 Å². The molecular formula is C6H12N4. The van der Waals surface area contributed by atoms with Crippen molar-refractivity contribution in [2.24, 2.45) is 0 Å². The molecule has 4 nitrogen and oxygen atoms in total. The molecule has 0 amide bonds. The highest BCUT2D eigenvalue weighted by molar-refractivity contribution is 4.80. The molecule has 0 spiro atoms. The van der Waals surface area contributed by atoms with E-state index in [-0.39, 0.29) is 0 Å². The van der Waals surface area contributed by atoms with Gasteiger partial charge >= 0.3 is 0 Å². The van der Waals surface area contributed by atoms with Crippen molar-refractivity contribution in [2.75, 3.05) is 0 Å². The lowest BCUT2D eigenvalue weighted by atomic mass is 10.4. The van der Waals surface area contributed by atoms with E-state index in [2.05, 4.69) is 29.4 Å². The van der Waals surface area contributed by atoms with Crippen molar-refractivity contribution in [1.29, 1.82) is 0 Å². The van der Waals surface area contributed by atoms with Crippen LogP contribution in [0.2, 0.25) is 0 Å². The molecule has 0 atom stereocenters. The van der Waals surface area contributed by atoms with Crippen molar-refractivity contribution in [1.82, 2.24) is 20.2 Å². The first-order chi connectivity index (χ1) is 4.75. The Labute approximate surface area is 60.2 Å². The number of aryl methyl sites for hydroxylation is 1. The molecule has 1 rings (SSSR count). The molecule has 0 saturated heterocycles. The van der Waals surface area contributed by atoms with Gasteiger partial charge in [-0.2, -0.15) is 0 Å². The van der Waals surface area contributed by atoms with E-state index in [1.54, 1.807) is 0 Å². The molecule has 0 bridgehead atoms. The minimum atomic E-state index is 0.366. The number of nitrogens with zero attached hydrogens (tertiary/aromatic N) is 4. The average Bonchev–Trinajstić information content (AvgIpc) is 2.33. The average molecular weight is 140 g/mol. The zero-order valence-corrected chi connectivity index (χ0v) is 6.57. The van der Waals surface area contributed by atoms with Gasteiger partial charge < -0.3 is 0 Å². The Morgan fingerprint density at radius 2 is 2.20 bits per heavy atom. The first kappa shape index (κ1) is 7.18. The normalized spacial score (nSPS) is 10.8. The Kier molecular flexibility index (Phi) is 1.99. The number of hydrogen-bond donors (Lipinski definition) is 0. The minimum Gasteiger partial charge on any atom is -0.227 e. The van der Waals surface area contributed by atoms with Crippen molar-refractivity contribution in [3.8, 4) is 0 Å². The van der Waals surface area contributed by atoms with Gasteiger partial charge in [0.25, 0.3) is 0 Å². The topological polar surface area (TPSA) is 43.6 Å². The van der Waals surface area contributed by atoms with E-state index < -0.39 is 0 Å². The molecular weight excluding hydrogens is 128 g/mol. The smallest absolute Gasteiger partial charge is 0.151 e. The maximum atomic E-state index is 3.86. The summed E-state index contributed by atoms with van der Waals surface area (Å²) in [6.45, 7) is 6.18. The standard InChI is InChI=1S/C6H12N4/c1-4-6-7-8-9-10(6)5(2)3/h5H,4H2,1-3H3. The molecule has 1 heterocycles. The fourth-order valence-corrected chi connectivity index (χ4v) is 0.846. The summed E-state index contributed by atoms with van der Waals surface area (Å²) in [5.41, 5.74) is 0. The fourth-order valence-electron chi connectivity index (χ4n) is 0.846. The molecule has 0 aromatic carbocycles. The van der Waals surface area contributed by atoms with Crippen LogP contribution in [0.4, 0.5) is 0 Å². The summed E-state index contributed by atoms with van der Waals surface area (Å²) in [5.74, 6) is 0.954. The van der Waals surface area contributed by atoms with Crippen LogP contribution >= 0.6 is 0 Å². The highest BCUT2D eigenvalue weighted by Crippen LogP contribution is 2.03. The number of hydrogen-bond acceptors (Lipinski definition) is 3. The molecule has 0 N–H and O–H groups in total.